The summed E-state index contributed by atoms with van der Waals surface area (Å²) in [6.07, 6.45) is 6.38. The number of rotatable bonds is 5. The molecular formula is C19H22N4OS. The lowest BCUT2D eigenvalue weighted by atomic mass is 9.77. The minimum atomic E-state index is -0.352. The first-order valence-corrected chi connectivity index (χ1v) is 9.53. The standard InChI is InChI=1S/C19H22N4OS/c1-2-9-23-10-6-19(18(23)24)14-22(12-15-5-3-4-7-20-15)13-16(19)17-21-8-11-25-17/h2-5,7-8,11,16H,1,6,9-10,12-14H2/t16-,19-/m1/s1. The maximum Gasteiger partial charge on any atom is 0.231 e. The average molecular weight is 354 g/mol. The van der Waals surface area contributed by atoms with Crippen molar-refractivity contribution in [3.63, 3.8) is 0 Å². The van der Waals surface area contributed by atoms with E-state index in [1.54, 1.807) is 11.3 Å². The quantitative estimate of drug-likeness (QED) is 0.774. The van der Waals surface area contributed by atoms with E-state index in [1.807, 2.05) is 46.9 Å². The van der Waals surface area contributed by atoms with Gasteiger partial charge in [0, 0.05) is 56.4 Å². The van der Waals surface area contributed by atoms with Gasteiger partial charge < -0.3 is 4.90 Å². The van der Waals surface area contributed by atoms with E-state index in [0.29, 0.717) is 6.54 Å². The van der Waals surface area contributed by atoms with Crippen molar-refractivity contribution >= 4 is 17.2 Å². The Kier molecular flexibility index (Phi) is 4.39. The summed E-state index contributed by atoms with van der Waals surface area (Å²) in [5, 5.41) is 3.09. The molecule has 2 aliphatic rings. The Morgan fingerprint density at radius 3 is 3.00 bits per heavy atom. The van der Waals surface area contributed by atoms with Crippen molar-refractivity contribution in [2.75, 3.05) is 26.2 Å². The van der Waals surface area contributed by atoms with Gasteiger partial charge in [-0.2, -0.15) is 0 Å². The predicted molar refractivity (Wildman–Crippen MR) is 98.2 cm³/mol. The number of carbonyl (C=O) groups is 1. The van der Waals surface area contributed by atoms with Crippen molar-refractivity contribution < 1.29 is 4.79 Å². The fraction of sp³-hybridized carbons (Fsp3) is 0.421. The topological polar surface area (TPSA) is 49.3 Å². The van der Waals surface area contributed by atoms with Crippen LogP contribution in [-0.2, 0) is 11.3 Å². The summed E-state index contributed by atoms with van der Waals surface area (Å²) in [4.78, 5) is 26.5. The van der Waals surface area contributed by atoms with E-state index in [4.69, 9.17) is 0 Å². The number of hydrogen-bond acceptors (Lipinski definition) is 5. The third-order valence-electron chi connectivity index (χ3n) is 5.37. The summed E-state index contributed by atoms with van der Waals surface area (Å²) >= 11 is 1.66. The molecule has 0 bridgehead atoms. The molecule has 2 aliphatic heterocycles. The first kappa shape index (κ1) is 16.4. The molecule has 1 amide bonds. The molecule has 4 heterocycles. The number of nitrogens with zero attached hydrogens (tertiary/aromatic N) is 4. The van der Waals surface area contributed by atoms with Crippen molar-refractivity contribution in [1.82, 2.24) is 19.8 Å². The molecule has 0 unspecified atom stereocenters. The van der Waals surface area contributed by atoms with Crippen LogP contribution in [0.15, 0.2) is 48.6 Å². The van der Waals surface area contributed by atoms with Gasteiger partial charge in [-0.05, 0) is 18.6 Å². The lowest BCUT2D eigenvalue weighted by Gasteiger charge is -2.27. The number of pyridine rings is 1. The zero-order valence-electron chi connectivity index (χ0n) is 14.2. The molecule has 0 radical (unpaired) electrons. The molecule has 2 fully saturated rings. The summed E-state index contributed by atoms with van der Waals surface area (Å²) in [6, 6.07) is 5.99. The first-order chi connectivity index (χ1) is 12.2. The normalized spacial score (nSPS) is 26.6. The highest BCUT2D eigenvalue weighted by molar-refractivity contribution is 7.09. The molecule has 1 spiro atoms. The van der Waals surface area contributed by atoms with Crippen LogP contribution in [-0.4, -0.2) is 51.9 Å². The highest BCUT2D eigenvalue weighted by Crippen LogP contribution is 2.50. The van der Waals surface area contributed by atoms with Crippen molar-refractivity contribution in [1.29, 1.82) is 0 Å². The molecule has 4 rings (SSSR count). The van der Waals surface area contributed by atoms with Crippen LogP contribution >= 0.6 is 11.3 Å². The zero-order chi connectivity index (χ0) is 17.3. The van der Waals surface area contributed by atoms with E-state index in [0.717, 1.165) is 43.3 Å². The van der Waals surface area contributed by atoms with Gasteiger partial charge in [0.15, 0.2) is 0 Å². The molecule has 0 aliphatic carbocycles. The van der Waals surface area contributed by atoms with Crippen LogP contribution in [0, 0.1) is 5.41 Å². The van der Waals surface area contributed by atoms with Crippen molar-refractivity contribution in [2.45, 2.75) is 18.9 Å². The summed E-state index contributed by atoms with van der Waals surface area (Å²) < 4.78 is 0. The monoisotopic (exact) mass is 354 g/mol. The minimum Gasteiger partial charge on any atom is -0.338 e. The summed E-state index contributed by atoms with van der Waals surface area (Å²) in [7, 11) is 0. The fourth-order valence-corrected chi connectivity index (χ4v) is 5.07. The maximum atomic E-state index is 13.2. The second-order valence-electron chi connectivity index (χ2n) is 6.86. The number of hydrogen-bond donors (Lipinski definition) is 0. The van der Waals surface area contributed by atoms with Gasteiger partial charge in [0.05, 0.1) is 16.1 Å². The van der Waals surface area contributed by atoms with Crippen LogP contribution in [0.5, 0.6) is 0 Å². The van der Waals surface area contributed by atoms with E-state index < -0.39 is 0 Å². The van der Waals surface area contributed by atoms with E-state index in [1.165, 1.54) is 0 Å². The number of thiazole rings is 1. The van der Waals surface area contributed by atoms with Crippen LogP contribution in [0.3, 0.4) is 0 Å². The third-order valence-corrected chi connectivity index (χ3v) is 6.25. The molecule has 130 valence electrons. The van der Waals surface area contributed by atoms with Crippen molar-refractivity contribution in [3.05, 3.63) is 59.3 Å². The van der Waals surface area contributed by atoms with E-state index in [-0.39, 0.29) is 17.2 Å². The molecule has 0 N–H and O–H groups in total. The average Bonchev–Trinajstić information content (AvgIpc) is 3.33. The van der Waals surface area contributed by atoms with E-state index >= 15 is 0 Å². The Morgan fingerprint density at radius 1 is 1.36 bits per heavy atom. The van der Waals surface area contributed by atoms with Gasteiger partial charge in [-0.15, -0.1) is 17.9 Å². The maximum absolute atomic E-state index is 13.2. The fourth-order valence-electron chi connectivity index (χ4n) is 4.23. The number of amides is 1. The smallest absolute Gasteiger partial charge is 0.231 e. The Hall–Kier alpha value is -2.05. The van der Waals surface area contributed by atoms with Gasteiger partial charge >= 0.3 is 0 Å². The molecule has 2 aromatic heterocycles. The van der Waals surface area contributed by atoms with Crippen LogP contribution in [0.1, 0.15) is 23.0 Å². The second kappa shape index (κ2) is 6.69. The van der Waals surface area contributed by atoms with Crippen molar-refractivity contribution in [3.8, 4) is 0 Å². The van der Waals surface area contributed by atoms with E-state index in [9.17, 15) is 4.79 Å². The molecule has 0 saturated carbocycles. The first-order valence-electron chi connectivity index (χ1n) is 8.65. The van der Waals surface area contributed by atoms with Gasteiger partial charge in [0.2, 0.25) is 5.91 Å². The van der Waals surface area contributed by atoms with Gasteiger partial charge in [0.25, 0.3) is 0 Å². The van der Waals surface area contributed by atoms with Gasteiger partial charge in [-0.3, -0.25) is 14.7 Å². The summed E-state index contributed by atoms with van der Waals surface area (Å²) in [5.41, 5.74) is 0.696. The Balaban J connectivity index is 1.62. The molecule has 0 aromatic carbocycles. The number of likely N-dealkylation sites (tertiary alicyclic amines) is 2. The lowest BCUT2D eigenvalue weighted by molar-refractivity contribution is -0.135. The Labute approximate surface area is 152 Å². The van der Waals surface area contributed by atoms with Crippen molar-refractivity contribution in [2.24, 2.45) is 5.41 Å². The third kappa shape index (κ3) is 2.89. The molecule has 5 nitrogen and oxygen atoms in total. The second-order valence-corrected chi connectivity index (χ2v) is 7.79. The Morgan fingerprint density at radius 2 is 2.28 bits per heavy atom. The molecule has 6 heteroatoms. The van der Waals surface area contributed by atoms with Gasteiger partial charge in [-0.1, -0.05) is 12.1 Å². The SMILES string of the molecule is C=CCN1CC[C@]2(CN(Cc3ccccn3)C[C@@H]2c2nccs2)C1=O. The predicted octanol–water partition coefficient (Wildman–Crippen LogP) is 2.54. The molecular weight excluding hydrogens is 332 g/mol. The van der Waals surface area contributed by atoms with Crippen LogP contribution < -0.4 is 0 Å². The largest absolute Gasteiger partial charge is 0.338 e. The lowest BCUT2D eigenvalue weighted by Crippen LogP contribution is -2.39. The molecule has 2 atom stereocenters. The zero-order valence-corrected chi connectivity index (χ0v) is 15.0. The van der Waals surface area contributed by atoms with Crippen LogP contribution in [0.4, 0.5) is 0 Å². The van der Waals surface area contributed by atoms with Gasteiger partial charge in [-0.25, -0.2) is 4.98 Å². The Bertz CT molecular complexity index is 748. The number of carbonyl (C=O) groups excluding carboxylic acids is 1. The molecule has 2 saturated heterocycles. The molecule has 25 heavy (non-hydrogen) atoms. The summed E-state index contributed by atoms with van der Waals surface area (Å²) in [6.45, 7) is 7.64. The highest BCUT2D eigenvalue weighted by atomic mass is 32.1. The van der Waals surface area contributed by atoms with E-state index in [2.05, 4.69) is 21.4 Å². The van der Waals surface area contributed by atoms with Gasteiger partial charge in [0.1, 0.15) is 0 Å². The number of aromatic nitrogens is 2. The highest BCUT2D eigenvalue weighted by Gasteiger charge is 2.57. The van der Waals surface area contributed by atoms with Crippen LogP contribution in [0.25, 0.3) is 0 Å². The summed E-state index contributed by atoms with van der Waals surface area (Å²) in [5.74, 6) is 0.426. The molecule has 2 aromatic rings. The van der Waals surface area contributed by atoms with Crippen LogP contribution in [0.2, 0.25) is 0 Å². The minimum absolute atomic E-state index is 0.165.